The largest absolute Gasteiger partial charge is 1.00 e. The van der Waals surface area contributed by atoms with Gasteiger partial charge in [-0.1, -0.05) is 13.3 Å². The van der Waals surface area contributed by atoms with E-state index in [0.717, 1.165) is 12.8 Å². The minimum atomic E-state index is -2.15. The number of unbranched alkanes of at least 4 members (excludes halogenated alkanes) is 1. The molecule has 0 spiro atoms. The summed E-state index contributed by atoms with van der Waals surface area (Å²) in [5.74, 6) is 0.715. The van der Waals surface area contributed by atoms with E-state index in [1.165, 1.54) is 12.1 Å². The van der Waals surface area contributed by atoms with Gasteiger partial charge in [0, 0.05) is 4.90 Å². The molecule has 1 unspecified atom stereocenters. The summed E-state index contributed by atoms with van der Waals surface area (Å²) in [7, 11) is 0. The second-order valence-electron chi connectivity index (χ2n) is 2.91. The SMILES string of the molecule is CCCCOc1ccc(S(=O)[O-])cc1.[Na+]. The van der Waals surface area contributed by atoms with Crippen LogP contribution in [0.25, 0.3) is 0 Å². The molecule has 0 aromatic heterocycles. The Morgan fingerprint density at radius 1 is 1.33 bits per heavy atom. The van der Waals surface area contributed by atoms with Crippen molar-refractivity contribution < 1.29 is 43.1 Å². The maximum Gasteiger partial charge on any atom is 1.00 e. The van der Waals surface area contributed by atoms with Gasteiger partial charge in [0.2, 0.25) is 0 Å². The number of benzene rings is 1. The predicted octanol–water partition coefficient (Wildman–Crippen LogP) is -0.892. The van der Waals surface area contributed by atoms with Gasteiger partial charge < -0.3 is 9.29 Å². The van der Waals surface area contributed by atoms with E-state index in [-0.39, 0.29) is 34.5 Å². The van der Waals surface area contributed by atoms with Crippen molar-refractivity contribution in [2.24, 2.45) is 0 Å². The molecule has 78 valence electrons. The monoisotopic (exact) mass is 236 g/mol. The van der Waals surface area contributed by atoms with Gasteiger partial charge in [-0.15, -0.1) is 0 Å². The Bertz CT molecular complexity index is 300. The van der Waals surface area contributed by atoms with Crippen molar-refractivity contribution in [1.82, 2.24) is 0 Å². The molecule has 1 aromatic rings. The Morgan fingerprint density at radius 3 is 2.40 bits per heavy atom. The summed E-state index contributed by atoms with van der Waals surface area (Å²) >= 11 is -2.15. The fraction of sp³-hybridized carbons (Fsp3) is 0.400. The molecule has 0 N–H and O–H groups in total. The van der Waals surface area contributed by atoms with Gasteiger partial charge in [-0.2, -0.15) is 0 Å². The van der Waals surface area contributed by atoms with Crippen LogP contribution in [0.3, 0.4) is 0 Å². The number of rotatable bonds is 5. The number of hydrogen-bond acceptors (Lipinski definition) is 3. The third-order valence-corrected chi connectivity index (χ3v) is 2.44. The zero-order valence-electron chi connectivity index (χ0n) is 9.06. The average molecular weight is 236 g/mol. The summed E-state index contributed by atoms with van der Waals surface area (Å²) in [6, 6.07) is 6.40. The van der Waals surface area contributed by atoms with E-state index < -0.39 is 11.1 Å². The summed E-state index contributed by atoms with van der Waals surface area (Å²) < 4.78 is 26.4. The molecule has 0 amide bonds. The maximum atomic E-state index is 10.5. The van der Waals surface area contributed by atoms with Crippen LogP contribution in [0.1, 0.15) is 19.8 Å². The van der Waals surface area contributed by atoms with Crippen molar-refractivity contribution in [3.05, 3.63) is 24.3 Å². The molecule has 3 nitrogen and oxygen atoms in total. The molecule has 1 atom stereocenters. The van der Waals surface area contributed by atoms with Crippen molar-refractivity contribution in [2.45, 2.75) is 24.7 Å². The van der Waals surface area contributed by atoms with Crippen LogP contribution in [0.5, 0.6) is 5.75 Å². The maximum absolute atomic E-state index is 10.5. The van der Waals surface area contributed by atoms with Gasteiger partial charge in [0.15, 0.2) is 0 Å². The van der Waals surface area contributed by atoms with E-state index in [1.807, 2.05) is 0 Å². The van der Waals surface area contributed by atoms with E-state index in [4.69, 9.17) is 4.74 Å². The fourth-order valence-electron chi connectivity index (χ4n) is 0.981. The van der Waals surface area contributed by atoms with Crippen LogP contribution >= 0.6 is 0 Å². The molecule has 0 saturated heterocycles. The van der Waals surface area contributed by atoms with E-state index >= 15 is 0 Å². The molecule has 1 rings (SSSR count). The second-order valence-corrected chi connectivity index (χ2v) is 3.85. The van der Waals surface area contributed by atoms with Crippen LogP contribution in [-0.2, 0) is 11.1 Å². The first-order valence-corrected chi connectivity index (χ1v) is 5.63. The third-order valence-electron chi connectivity index (χ3n) is 1.78. The zero-order chi connectivity index (χ0) is 10.4. The van der Waals surface area contributed by atoms with E-state index in [9.17, 15) is 8.76 Å². The zero-order valence-corrected chi connectivity index (χ0v) is 11.9. The molecule has 5 heteroatoms. The molecule has 0 aliphatic carbocycles. The molecule has 0 aliphatic rings. The molecule has 0 saturated carbocycles. The third kappa shape index (κ3) is 5.68. The predicted molar refractivity (Wildman–Crippen MR) is 54.0 cm³/mol. The van der Waals surface area contributed by atoms with Crippen molar-refractivity contribution in [3.63, 3.8) is 0 Å². The van der Waals surface area contributed by atoms with Crippen LogP contribution in [0.15, 0.2) is 29.2 Å². The number of ether oxygens (including phenoxy) is 1. The van der Waals surface area contributed by atoms with Gasteiger partial charge in [0.05, 0.1) is 6.61 Å². The van der Waals surface area contributed by atoms with Crippen LogP contribution in [0.2, 0.25) is 0 Å². The first-order valence-electron chi connectivity index (χ1n) is 4.56. The minimum Gasteiger partial charge on any atom is -0.768 e. The van der Waals surface area contributed by atoms with Crippen LogP contribution in [0.4, 0.5) is 0 Å². The molecule has 0 aliphatic heterocycles. The quantitative estimate of drug-likeness (QED) is 0.378. The first-order chi connectivity index (χ1) is 6.74. The van der Waals surface area contributed by atoms with Gasteiger partial charge in [0.1, 0.15) is 5.75 Å². The summed E-state index contributed by atoms with van der Waals surface area (Å²) in [4.78, 5) is 0.285. The Labute approximate surface area is 115 Å². The second kappa shape index (κ2) is 8.30. The summed E-state index contributed by atoms with van der Waals surface area (Å²) in [6.07, 6.45) is 2.10. The smallest absolute Gasteiger partial charge is 0.768 e. The Hall–Kier alpha value is 0.130. The molecule has 0 fully saturated rings. The Kier molecular flexibility index (Phi) is 8.37. The molecular formula is C10H13NaO3S. The number of hydrogen-bond donors (Lipinski definition) is 0. The van der Waals surface area contributed by atoms with E-state index in [2.05, 4.69) is 6.92 Å². The van der Waals surface area contributed by atoms with Crippen LogP contribution in [0, 0.1) is 0 Å². The van der Waals surface area contributed by atoms with Crippen molar-refractivity contribution in [1.29, 1.82) is 0 Å². The van der Waals surface area contributed by atoms with Crippen LogP contribution < -0.4 is 34.3 Å². The fourth-order valence-corrected chi connectivity index (χ4v) is 1.34. The molecule has 0 bridgehead atoms. The Balaban J connectivity index is 0.00000196. The summed E-state index contributed by atoms with van der Waals surface area (Å²) in [5, 5.41) is 0. The standard InChI is InChI=1S/C10H14O3S.Na/c1-2-3-8-13-9-4-6-10(7-5-9)14(11)12;/h4-7H,2-3,8H2,1H3,(H,11,12);/q;+1/p-1. The average Bonchev–Trinajstić information content (AvgIpc) is 2.19. The van der Waals surface area contributed by atoms with Crippen molar-refractivity contribution in [2.75, 3.05) is 6.61 Å². The molecule has 0 radical (unpaired) electrons. The van der Waals surface area contributed by atoms with Gasteiger partial charge in [-0.25, -0.2) is 0 Å². The molecule has 0 heterocycles. The first kappa shape index (κ1) is 15.1. The van der Waals surface area contributed by atoms with Gasteiger partial charge >= 0.3 is 29.6 Å². The molecule has 15 heavy (non-hydrogen) atoms. The van der Waals surface area contributed by atoms with Crippen molar-refractivity contribution in [3.8, 4) is 5.75 Å². The van der Waals surface area contributed by atoms with Crippen molar-refractivity contribution >= 4 is 11.1 Å². The summed E-state index contributed by atoms with van der Waals surface area (Å²) in [5.41, 5.74) is 0. The van der Waals surface area contributed by atoms with Gasteiger partial charge in [0.25, 0.3) is 0 Å². The van der Waals surface area contributed by atoms with E-state index in [1.54, 1.807) is 12.1 Å². The minimum absolute atomic E-state index is 0. The molecule has 1 aromatic carbocycles. The molecular weight excluding hydrogens is 223 g/mol. The van der Waals surface area contributed by atoms with Crippen LogP contribution in [-0.4, -0.2) is 15.4 Å². The topological polar surface area (TPSA) is 49.4 Å². The van der Waals surface area contributed by atoms with Gasteiger partial charge in [-0.3, -0.25) is 4.21 Å². The van der Waals surface area contributed by atoms with Gasteiger partial charge in [-0.05, 0) is 41.8 Å². The Morgan fingerprint density at radius 2 is 1.93 bits per heavy atom. The van der Waals surface area contributed by atoms with E-state index in [0.29, 0.717) is 12.4 Å². The normalized spacial score (nSPS) is 11.6. The summed E-state index contributed by atoms with van der Waals surface area (Å²) in [6.45, 7) is 2.77.